The fourth-order valence-electron chi connectivity index (χ4n) is 3.35. The second-order valence-electron chi connectivity index (χ2n) is 7.39. The number of amides is 1. The molecule has 2 N–H and O–H groups in total. The van der Waals surface area contributed by atoms with Gasteiger partial charge in [0.1, 0.15) is 0 Å². The molecule has 24 heavy (non-hydrogen) atoms. The highest BCUT2D eigenvalue weighted by Crippen LogP contribution is 2.31. The highest BCUT2D eigenvalue weighted by atomic mass is 16.2. The van der Waals surface area contributed by atoms with Gasteiger partial charge in [0.05, 0.1) is 23.2 Å². The van der Waals surface area contributed by atoms with E-state index in [0.29, 0.717) is 18.7 Å². The minimum Gasteiger partial charge on any atom is -0.338 e. The van der Waals surface area contributed by atoms with Crippen molar-refractivity contribution in [2.45, 2.75) is 46.6 Å². The van der Waals surface area contributed by atoms with Crippen LogP contribution in [0.1, 0.15) is 55.7 Å². The van der Waals surface area contributed by atoms with Crippen LogP contribution in [-0.2, 0) is 0 Å². The zero-order chi connectivity index (χ0) is 17.5. The zero-order valence-electron chi connectivity index (χ0n) is 15.0. The van der Waals surface area contributed by atoms with Gasteiger partial charge in [-0.2, -0.15) is 5.10 Å². The van der Waals surface area contributed by atoms with Gasteiger partial charge in [0.25, 0.3) is 5.91 Å². The van der Waals surface area contributed by atoms with E-state index in [2.05, 4.69) is 30.9 Å². The van der Waals surface area contributed by atoms with E-state index in [1.54, 1.807) is 6.20 Å². The minimum atomic E-state index is 0.0256. The van der Waals surface area contributed by atoms with Gasteiger partial charge in [0.2, 0.25) is 0 Å². The van der Waals surface area contributed by atoms with Crippen LogP contribution in [0.4, 0.5) is 0 Å². The number of aryl methyl sites for hydroxylation is 1. The Hall–Kier alpha value is -1.95. The molecule has 1 fully saturated rings. The Morgan fingerprint density at radius 2 is 2.25 bits per heavy atom. The smallest absolute Gasteiger partial charge is 0.254 e. The number of carbonyl (C=O) groups excluding carboxylic acids is 1. The van der Waals surface area contributed by atoms with Crippen molar-refractivity contribution in [2.75, 3.05) is 19.6 Å². The van der Waals surface area contributed by atoms with Gasteiger partial charge in [-0.15, -0.1) is 0 Å². The van der Waals surface area contributed by atoms with E-state index >= 15 is 0 Å². The van der Waals surface area contributed by atoms with E-state index in [4.69, 9.17) is 5.73 Å². The Balaban J connectivity index is 2.01. The molecule has 1 saturated heterocycles. The molecule has 2 atom stereocenters. The lowest BCUT2D eigenvalue weighted by molar-refractivity contribution is 0.0778. The molecule has 2 aromatic heterocycles. The van der Waals surface area contributed by atoms with Crippen molar-refractivity contribution in [1.82, 2.24) is 19.7 Å². The molecule has 130 valence electrons. The first-order chi connectivity index (χ1) is 11.4. The van der Waals surface area contributed by atoms with Gasteiger partial charge in [-0.05, 0) is 44.7 Å². The second-order valence-corrected chi connectivity index (χ2v) is 7.39. The number of fused-ring (bicyclic) bond motifs is 1. The first-order valence-electron chi connectivity index (χ1n) is 8.73. The summed E-state index contributed by atoms with van der Waals surface area (Å²) >= 11 is 0. The summed E-state index contributed by atoms with van der Waals surface area (Å²) in [5, 5.41) is 5.33. The molecule has 1 aliphatic heterocycles. The summed E-state index contributed by atoms with van der Waals surface area (Å²) in [6, 6.07) is 2.14. The van der Waals surface area contributed by atoms with E-state index < -0.39 is 0 Å². The van der Waals surface area contributed by atoms with Crippen molar-refractivity contribution in [3.63, 3.8) is 0 Å². The van der Waals surface area contributed by atoms with Crippen LogP contribution in [0.5, 0.6) is 0 Å². The number of pyridine rings is 1. The van der Waals surface area contributed by atoms with Crippen molar-refractivity contribution in [3.8, 4) is 0 Å². The van der Waals surface area contributed by atoms with E-state index in [0.717, 1.165) is 36.1 Å². The summed E-state index contributed by atoms with van der Waals surface area (Å²) in [4.78, 5) is 19.6. The number of hydrogen-bond donors (Lipinski definition) is 1. The standard InChI is InChI=1S/C18H27N5O/c1-5-13(3)23-16-15(9-20-23)14(8-12(2)21-16)17(24)22-7-6-18(4,10-19)11-22/h8-9,13H,5-7,10-11,19H2,1-4H3. The molecule has 0 saturated carbocycles. The molecule has 0 spiro atoms. The van der Waals surface area contributed by atoms with Gasteiger partial charge in [-0.25, -0.2) is 9.67 Å². The maximum absolute atomic E-state index is 13.1. The van der Waals surface area contributed by atoms with Crippen LogP contribution >= 0.6 is 0 Å². The molecular formula is C18H27N5O. The largest absolute Gasteiger partial charge is 0.338 e. The predicted octanol–water partition coefficient (Wildman–Crippen LogP) is 2.52. The number of aromatic nitrogens is 3. The van der Waals surface area contributed by atoms with Crippen LogP contribution in [0, 0.1) is 12.3 Å². The normalized spacial score (nSPS) is 22.3. The Morgan fingerprint density at radius 1 is 1.50 bits per heavy atom. The molecule has 6 heteroatoms. The molecule has 0 aliphatic carbocycles. The second kappa shape index (κ2) is 6.16. The lowest BCUT2D eigenvalue weighted by Gasteiger charge is -2.23. The Kier molecular flexibility index (Phi) is 4.34. The molecule has 1 aliphatic rings. The molecule has 0 bridgehead atoms. The van der Waals surface area contributed by atoms with Crippen molar-refractivity contribution < 1.29 is 4.79 Å². The van der Waals surface area contributed by atoms with Crippen molar-refractivity contribution >= 4 is 16.9 Å². The quantitative estimate of drug-likeness (QED) is 0.935. The van der Waals surface area contributed by atoms with Crippen LogP contribution in [0.15, 0.2) is 12.3 Å². The first-order valence-corrected chi connectivity index (χ1v) is 8.73. The summed E-state index contributed by atoms with van der Waals surface area (Å²) < 4.78 is 1.92. The third-order valence-electron chi connectivity index (χ3n) is 5.27. The van der Waals surface area contributed by atoms with Crippen molar-refractivity contribution in [1.29, 1.82) is 0 Å². The third-order valence-corrected chi connectivity index (χ3v) is 5.27. The van der Waals surface area contributed by atoms with E-state index in [1.165, 1.54) is 0 Å². The fourth-order valence-corrected chi connectivity index (χ4v) is 3.35. The summed E-state index contributed by atoms with van der Waals surface area (Å²) in [6.07, 6.45) is 3.70. The van der Waals surface area contributed by atoms with E-state index in [9.17, 15) is 4.79 Å². The van der Waals surface area contributed by atoms with Crippen LogP contribution in [0.3, 0.4) is 0 Å². The van der Waals surface area contributed by atoms with Gasteiger partial charge in [-0.1, -0.05) is 13.8 Å². The molecule has 0 aromatic carbocycles. The van der Waals surface area contributed by atoms with Crippen molar-refractivity contribution in [3.05, 3.63) is 23.5 Å². The Labute approximate surface area is 143 Å². The highest BCUT2D eigenvalue weighted by Gasteiger charge is 2.35. The molecule has 3 heterocycles. The van der Waals surface area contributed by atoms with Crippen LogP contribution in [0.2, 0.25) is 0 Å². The lowest BCUT2D eigenvalue weighted by atomic mass is 9.90. The Bertz CT molecular complexity index is 768. The zero-order valence-corrected chi connectivity index (χ0v) is 15.0. The Morgan fingerprint density at radius 3 is 2.88 bits per heavy atom. The van der Waals surface area contributed by atoms with Gasteiger partial charge in [0.15, 0.2) is 5.65 Å². The maximum atomic E-state index is 13.1. The molecule has 2 unspecified atom stereocenters. The number of carbonyl (C=O) groups is 1. The topological polar surface area (TPSA) is 77.0 Å². The molecule has 3 rings (SSSR count). The minimum absolute atomic E-state index is 0.0256. The van der Waals surface area contributed by atoms with Gasteiger partial charge in [0, 0.05) is 18.8 Å². The number of nitrogens with zero attached hydrogens (tertiary/aromatic N) is 4. The van der Waals surface area contributed by atoms with Crippen LogP contribution in [-0.4, -0.2) is 45.2 Å². The molecule has 6 nitrogen and oxygen atoms in total. The van der Waals surface area contributed by atoms with Crippen molar-refractivity contribution in [2.24, 2.45) is 11.1 Å². The average Bonchev–Trinajstić information content (AvgIpc) is 3.17. The summed E-state index contributed by atoms with van der Waals surface area (Å²) in [7, 11) is 0. The van der Waals surface area contributed by atoms with Crippen LogP contribution < -0.4 is 5.73 Å². The predicted molar refractivity (Wildman–Crippen MR) is 94.9 cm³/mol. The summed E-state index contributed by atoms with van der Waals surface area (Å²) in [6.45, 7) is 10.4. The molecular weight excluding hydrogens is 302 g/mol. The molecule has 0 radical (unpaired) electrons. The van der Waals surface area contributed by atoms with Gasteiger partial charge < -0.3 is 10.6 Å². The fraction of sp³-hybridized carbons (Fsp3) is 0.611. The number of likely N-dealkylation sites (tertiary alicyclic amines) is 1. The summed E-state index contributed by atoms with van der Waals surface area (Å²) in [5.74, 6) is 0.0615. The lowest BCUT2D eigenvalue weighted by Crippen LogP contribution is -2.34. The maximum Gasteiger partial charge on any atom is 0.254 e. The van der Waals surface area contributed by atoms with Crippen LogP contribution in [0.25, 0.3) is 11.0 Å². The average molecular weight is 329 g/mol. The third kappa shape index (κ3) is 2.79. The summed E-state index contributed by atoms with van der Waals surface area (Å²) in [5.41, 5.74) is 8.25. The molecule has 2 aromatic rings. The SMILES string of the molecule is CCC(C)n1ncc2c(C(=O)N3CCC(C)(CN)C3)cc(C)nc21. The number of nitrogens with two attached hydrogens (primary N) is 1. The van der Waals surface area contributed by atoms with E-state index in [-0.39, 0.29) is 17.4 Å². The number of rotatable bonds is 4. The highest BCUT2D eigenvalue weighted by molar-refractivity contribution is 6.05. The first kappa shape index (κ1) is 16.9. The van der Waals surface area contributed by atoms with Gasteiger partial charge in [-0.3, -0.25) is 4.79 Å². The number of hydrogen-bond acceptors (Lipinski definition) is 4. The van der Waals surface area contributed by atoms with Gasteiger partial charge >= 0.3 is 0 Å². The molecule has 1 amide bonds. The van der Waals surface area contributed by atoms with E-state index in [1.807, 2.05) is 22.6 Å². The monoisotopic (exact) mass is 329 g/mol.